The van der Waals surface area contributed by atoms with Crippen LogP contribution >= 0.6 is 0 Å². The van der Waals surface area contributed by atoms with Crippen LogP contribution in [-0.2, 0) is 24.4 Å². The molecule has 0 radical (unpaired) electrons. The van der Waals surface area contributed by atoms with E-state index in [1.807, 2.05) is 24.3 Å². The van der Waals surface area contributed by atoms with Crippen LogP contribution < -0.4 is 4.74 Å². The van der Waals surface area contributed by atoms with Gasteiger partial charge in [-0.15, -0.1) is 0 Å². The fourth-order valence-corrected chi connectivity index (χ4v) is 3.68. The van der Waals surface area contributed by atoms with Gasteiger partial charge in [0, 0.05) is 45.9 Å². The molecule has 148 valence electrons. The zero-order valence-corrected chi connectivity index (χ0v) is 16.3. The standard InChI is InChI=1S/C21H30N2O4/c1-25-16-21-7-6-20(27-21)15-22-9-10-23(18(14-22)8-11-24)13-17-4-3-5-19(12-17)26-2/h3-7,12,18,24H,8-11,13-16H2,1-2H3/t18-/m1/s1. The van der Waals surface area contributed by atoms with E-state index < -0.39 is 0 Å². The number of piperazine rings is 1. The van der Waals surface area contributed by atoms with Crippen LogP contribution in [-0.4, -0.2) is 61.4 Å². The quantitative estimate of drug-likeness (QED) is 0.728. The maximum atomic E-state index is 9.53. The predicted octanol–water partition coefficient (Wildman–Crippen LogP) is 2.50. The van der Waals surface area contributed by atoms with Gasteiger partial charge < -0.3 is 19.0 Å². The van der Waals surface area contributed by atoms with Gasteiger partial charge in [-0.05, 0) is 36.2 Å². The van der Waals surface area contributed by atoms with E-state index in [0.29, 0.717) is 12.6 Å². The molecular weight excluding hydrogens is 344 g/mol. The van der Waals surface area contributed by atoms with E-state index >= 15 is 0 Å². The van der Waals surface area contributed by atoms with Crippen molar-refractivity contribution in [2.24, 2.45) is 0 Å². The van der Waals surface area contributed by atoms with Crippen LogP contribution in [0.1, 0.15) is 23.5 Å². The molecule has 0 amide bonds. The molecule has 1 N–H and O–H groups in total. The van der Waals surface area contributed by atoms with Crippen molar-refractivity contribution in [2.45, 2.75) is 32.2 Å². The fourth-order valence-electron chi connectivity index (χ4n) is 3.68. The van der Waals surface area contributed by atoms with Crippen LogP contribution in [0.2, 0.25) is 0 Å². The lowest BCUT2D eigenvalue weighted by atomic mass is 10.1. The Kier molecular flexibility index (Phi) is 7.29. The Morgan fingerprint density at radius 1 is 1.11 bits per heavy atom. The van der Waals surface area contributed by atoms with Crippen molar-refractivity contribution in [1.29, 1.82) is 0 Å². The van der Waals surface area contributed by atoms with Gasteiger partial charge in [0.1, 0.15) is 23.9 Å². The molecule has 6 nitrogen and oxygen atoms in total. The van der Waals surface area contributed by atoms with E-state index in [9.17, 15) is 5.11 Å². The summed E-state index contributed by atoms with van der Waals surface area (Å²) in [6.45, 7) is 5.23. The summed E-state index contributed by atoms with van der Waals surface area (Å²) in [7, 11) is 3.36. The highest BCUT2D eigenvalue weighted by Crippen LogP contribution is 2.21. The highest BCUT2D eigenvalue weighted by atomic mass is 16.5. The van der Waals surface area contributed by atoms with Gasteiger partial charge in [-0.1, -0.05) is 12.1 Å². The Bertz CT molecular complexity index is 703. The molecule has 1 fully saturated rings. The van der Waals surface area contributed by atoms with Gasteiger partial charge in [-0.3, -0.25) is 9.80 Å². The first-order chi connectivity index (χ1) is 13.2. The Morgan fingerprint density at radius 3 is 2.74 bits per heavy atom. The first kappa shape index (κ1) is 19.9. The van der Waals surface area contributed by atoms with E-state index in [2.05, 4.69) is 21.9 Å². The van der Waals surface area contributed by atoms with Crippen molar-refractivity contribution in [3.05, 3.63) is 53.5 Å². The maximum absolute atomic E-state index is 9.53. The molecule has 2 heterocycles. The second-order valence-electron chi connectivity index (χ2n) is 7.02. The molecule has 1 saturated heterocycles. The van der Waals surface area contributed by atoms with Crippen LogP contribution in [0.4, 0.5) is 0 Å². The molecule has 1 aromatic carbocycles. The second-order valence-corrected chi connectivity index (χ2v) is 7.02. The first-order valence-electron chi connectivity index (χ1n) is 9.48. The molecule has 2 aromatic rings. The van der Waals surface area contributed by atoms with Crippen molar-refractivity contribution >= 4 is 0 Å². The van der Waals surface area contributed by atoms with Crippen LogP contribution in [0.15, 0.2) is 40.8 Å². The van der Waals surface area contributed by atoms with E-state index in [0.717, 1.165) is 56.4 Å². The van der Waals surface area contributed by atoms with Crippen LogP contribution in [0.5, 0.6) is 5.75 Å². The summed E-state index contributed by atoms with van der Waals surface area (Å²) in [6.07, 6.45) is 0.771. The third-order valence-electron chi connectivity index (χ3n) is 5.05. The SMILES string of the molecule is COCc1ccc(CN2CCN(Cc3cccc(OC)c3)[C@H](CCO)C2)o1. The van der Waals surface area contributed by atoms with Crippen molar-refractivity contribution in [1.82, 2.24) is 9.80 Å². The molecule has 0 unspecified atom stereocenters. The number of rotatable bonds is 9. The number of aliphatic hydroxyl groups is 1. The highest BCUT2D eigenvalue weighted by molar-refractivity contribution is 5.28. The summed E-state index contributed by atoms with van der Waals surface area (Å²) in [5, 5.41) is 9.53. The first-order valence-corrected chi connectivity index (χ1v) is 9.48. The Morgan fingerprint density at radius 2 is 1.96 bits per heavy atom. The van der Waals surface area contributed by atoms with E-state index in [1.165, 1.54) is 5.56 Å². The fraction of sp³-hybridized carbons (Fsp3) is 0.524. The maximum Gasteiger partial charge on any atom is 0.129 e. The molecule has 0 saturated carbocycles. The van der Waals surface area contributed by atoms with E-state index in [4.69, 9.17) is 13.9 Å². The van der Waals surface area contributed by atoms with Gasteiger partial charge in [0.2, 0.25) is 0 Å². The van der Waals surface area contributed by atoms with Crippen molar-refractivity contribution in [2.75, 3.05) is 40.5 Å². The molecule has 1 aliphatic heterocycles. The summed E-state index contributed by atoms with van der Waals surface area (Å²) < 4.78 is 16.3. The van der Waals surface area contributed by atoms with Crippen molar-refractivity contribution in [3.8, 4) is 5.75 Å². The van der Waals surface area contributed by atoms with Crippen molar-refractivity contribution < 1.29 is 19.0 Å². The number of nitrogens with zero attached hydrogens (tertiary/aromatic N) is 2. The number of hydrogen-bond acceptors (Lipinski definition) is 6. The van der Waals surface area contributed by atoms with Gasteiger partial charge in [-0.2, -0.15) is 0 Å². The number of furan rings is 1. The summed E-state index contributed by atoms with van der Waals surface area (Å²) in [5.41, 5.74) is 1.24. The lowest BCUT2D eigenvalue weighted by Gasteiger charge is -2.41. The predicted molar refractivity (Wildman–Crippen MR) is 104 cm³/mol. The normalized spacial score (nSPS) is 18.7. The average Bonchev–Trinajstić information content (AvgIpc) is 3.11. The molecule has 0 spiro atoms. The topological polar surface area (TPSA) is 58.3 Å². The molecule has 0 bridgehead atoms. The Labute approximate surface area is 161 Å². The number of methoxy groups -OCH3 is 2. The lowest BCUT2D eigenvalue weighted by molar-refractivity contribution is 0.0462. The lowest BCUT2D eigenvalue weighted by Crippen LogP contribution is -2.52. The summed E-state index contributed by atoms with van der Waals surface area (Å²) in [5.74, 6) is 2.71. The summed E-state index contributed by atoms with van der Waals surface area (Å²) in [4.78, 5) is 4.86. The third kappa shape index (κ3) is 5.56. The zero-order valence-electron chi connectivity index (χ0n) is 16.3. The number of benzene rings is 1. The third-order valence-corrected chi connectivity index (χ3v) is 5.05. The van der Waals surface area contributed by atoms with E-state index in [1.54, 1.807) is 14.2 Å². The van der Waals surface area contributed by atoms with Gasteiger partial charge in [0.15, 0.2) is 0 Å². The van der Waals surface area contributed by atoms with Crippen molar-refractivity contribution in [3.63, 3.8) is 0 Å². The average molecular weight is 374 g/mol. The smallest absolute Gasteiger partial charge is 0.129 e. The number of ether oxygens (including phenoxy) is 2. The molecule has 0 aliphatic carbocycles. The van der Waals surface area contributed by atoms with Crippen LogP contribution in [0, 0.1) is 0 Å². The largest absolute Gasteiger partial charge is 0.497 e. The zero-order chi connectivity index (χ0) is 19.1. The summed E-state index contributed by atoms with van der Waals surface area (Å²) >= 11 is 0. The molecule has 1 atom stereocenters. The Hall–Kier alpha value is -1.86. The second kappa shape index (κ2) is 9.90. The van der Waals surface area contributed by atoms with E-state index in [-0.39, 0.29) is 6.61 Å². The minimum atomic E-state index is 0.200. The number of aliphatic hydroxyl groups excluding tert-OH is 1. The molecule has 3 rings (SSSR count). The highest BCUT2D eigenvalue weighted by Gasteiger charge is 2.27. The Balaban J connectivity index is 1.60. The molecule has 6 heteroatoms. The molecule has 1 aliphatic rings. The molecule has 1 aromatic heterocycles. The minimum Gasteiger partial charge on any atom is -0.497 e. The summed E-state index contributed by atoms with van der Waals surface area (Å²) in [6, 6.07) is 12.5. The van der Waals surface area contributed by atoms with Crippen LogP contribution in [0.25, 0.3) is 0 Å². The van der Waals surface area contributed by atoms with Gasteiger partial charge in [-0.25, -0.2) is 0 Å². The molecular formula is C21H30N2O4. The van der Waals surface area contributed by atoms with Gasteiger partial charge in [0.25, 0.3) is 0 Å². The minimum absolute atomic E-state index is 0.200. The van der Waals surface area contributed by atoms with Gasteiger partial charge in [0.05, 0.1) is 13.7 Å². The van der Waals surface area contributed by atoms with Crippen LogP contribution in [0.3, 0.4) is 0 Å². The monoisotopic (exact) mass is 374 g/mol. The van der Waals surface area contributed by atoms with Gasteiger partial charge >= 0.3 is 0 Å². The number of hydrogen-bond donors (Lipinski definition) is 1. The molecule has 27 heavy (non-hydrogen) atoms.